The first kappa shape index (κ1) is 11.9. The molecule has 2 nitrogen and oxygen atoms in total. The van der Waals surface area contributed by atoms with Crippen LogP contribution in [-0.2, 0) is 0 Å². The molecule has 0 aliphatic rings. The van der Waals surface area contributed by atoms with Crippen LogP contribution in [0.5, 0.6) is 5.75 Å². The summed E-state index contributed by atoms with van der Waals surface area (Å²) >= 11 is 0. The Hall–Kier alpha value is -1.16. The van der Waals surface area contributed by atoms with E-state index in [0.717, 1.165) is 31.0 Å². The predicted molar refractivity (Wildman–Crippen MR) is 54.7 cm³/mol. The van der Waals surface area contributed by atoms with Gasteiger partial charge in [0.25, 0.3) is 0 Å². The van der Waals surface area contributed by atoms with Crippen molar-refractivity contribution in [2.45, 2.75) is 25.9 Å². The van der Waals surface area contributed by atoms with E-state index in [0.29, 0.717) is 6.54 Å². The molecule has 1 atom stereocenters. The molecule has 84 valence electrons. The maximum absolute atomic E-state index is 13.1. The molecule has 0 aromatic heterocycles. The highest BCUT2D eigenvalue weighted by atomic mass is 19.1. The summed E-state index contributed by atoms with van der Waals surface area (Å²) in [5, 5.41) is 0. The normalized spacial score (nSPS) is 12.5. The topological polar surface area (TPSA) is 35.2 Å². The second-order valence-corrected chi connectivity index (χ2v) is 3.43. The monoisotopic (exact) mass is 215 g/mol. The Morgan fingerprint density at radius 3 is 2.80 bits per heavy atom. The highest BCUT2D eigenvalue weighted by molar-refractivity contribution is 5.25. The van der Waals surface area contributed by atoms with Crippen molar-refractivity contribution in [1.29, 1.82) is 0 Å². The van der Waals surface area contributed by atoms with Crippen LogP contribution in [0.1, 0.15) is 19.8 Å². The van der Waals surface area contributed by atoms with Gasteiger partial charge < -0.3 is 10.5 Å². The van der Waals surface area contributed by atoms with Crippen molar-refractivity contribution in [2.75, 3.05) is 6.54 Å². The van der Waals surface area contributed by atoms with Crippen LogP contribution in [0.2, 0.25) is 0 Å². The maximum atomic E-state index is 13.1. The van der Waals surface area contributed by atoms with Crippen molar-refractivity contribution in [3.8, 4) is 5.75 Å². The minimum Gasteiger partial charge on any atom is -0.488 e. The SMILES string of the molecule is CC(CCCN)Oc1cc(F)ccc1F. The molecule has 0 bridgehead atoms. The number of hydrogen-bond acceptors (Lipinski definition) is 2. The zero-order valence-electron chi connectivity index (χ0n) is 8.67. The van der Waals surface area contributed by atoms with Crippen LogP contribution in [0, 0.1) is 11.6 Å². The van der Waals surface area contributed by atoms with E-state index in [1.807, 2.05) is 0 Å². The summed E-state index contributed by atoms with van der Waals surface area (Å²) in [5.74, 6) is -1.09. The van der Waals surface area contributed by atoms with E-state index in [1.54, 1.807) is 6.92 Å². The van der Waals surface area contributed by atoms with Gasteiger partial charge in [0.1, 0.15) is 5.82 Å². The van der Waals surface area contributed by atoms with E-state index in [9.17, 15) is 8.78 Å². The second-order valence-electron chi connectivity index (χ2n) is 3.43. The van der Waals surface area contributed by atoms with Gasteiger partial charge in [-0.2, -0.15) is 0 Å². The first-order valence-electron chi connectivity index (χ1n) is 4.95. The molecule has 0 heterocycles. The van der Waals surface area contributed by atoms with Gasteiger partial charge >= 0.3 is 0 Å². The van der Waals surface area contributed by atoms with Crippen LogP contribution in [0.25, 0.3) is 0 Å². The zero-order chi connectivity index (χ0) is 11.3. The van der Waals surface area contributed by atoms with Gasteiger partial charge in [-0.3, -0.25) is 0 Å². The second kappa shape index (κ2) is 5.66. The van der Waals surface area contributed by atoms with Gasteiger partial charge in [-0.05, 0) is 38.4 Å². The molecule has 2 N–H and O–H groups in total. The average Bonchev–Trinajstić information content (AvgIpc) is 2.20. The highest BCUT2D eigenvalue weighted by Gasteiger charge is 2.09. The van der Waals surface area contributed by atoms with Crippen molar-refractivity contribution < 1.29 is 13.5 Å². The number of benzene rings is 1. The molecule has 1 aromatic carbocycles. The van der Waals surface area contributed by atoms with Crippen molar-refractivity contribution in [1.82, 2.24) is 0 Å². The lowest BCUT2D eigenvalue weighted by molar-refractivity contribution is 0.199. The smallest absolute Gasteiger partial charge is 0.165 e. The summed E-state index contributed by atoms with van der Waals surface area (Å²) in [7, 11) is 0. The minimum absolute atomic E-state index is 0.0421. The third-order valence-electron chi connectivity index (χ3n) is 2.04. The van der Waals surface area contributed by atoms with E-state index in [1.165, 1.54) is 0 Å². The van der Waals surface area contributed by atoms with Crippen LogP contribution in [-0.4, -0.2) is 12.6 Å². The van der Waals surface area contributed by atoms with E-state index < -0.39 is 11.6 Å². The molecule has 1 rings (SSSR count). The molecule has 0 amide bonds. The fourth-order valence-corrected chi connectivity index (χ4v) is 1.25. The lowest BCUT2D eigenvalue weighted by Crippen LogP contribution is -2.14. The molecule has 0 saturated heterocycles. The van der Waals surface area contributed by atoms with E-state index in [-0.39, 0.29) is 11.9 Å². The van der Waals surface area contributed by atoms with Crippen LogP contribution in [0.15, 0.2) is 18.2 Å². The number of halogens is 2. The Bertz CT molecular complexity index is 317. The number of ether oxygens (including phenoxy) is 1. The molecule has 15 heavy (non-hydrogen) atoms. The van der Waals surface area contributed by atoms with Crippen LogP contribution in [0.3, 0.4) is 0 Å². The number of rotatable bonds is 5. The quantitative estimate of drug-likeness (QED) is 0.818. The number of hydrogen-bond donors (Lipinski definition) is 1. The van der Waals surface area contributed by atoms with Crippen LogP contribution < -0.4 is 10.5 Å². The van der Waals surface area contributed by atoms with Crippen molar-refractivity contribution >= 4 is 0 Å². The molecule has 0 fully saturated rings. The Morgan fingerprint density at radius 1 is 1.40 bits per heavy atom. The maximum Gasteiger partial charge on any atom is 0.165 e. The highest BCUT2D eigenvalue weighted by Crippen LogP contribution is 2.20. The molecule has 1 aromatic rings. The molecule has 0 aliphatic carbocycles. The summed E-state index contributed by atoms with van der Waals surface area (Å²) in [5.41, 5.74) is 5.33. The molecule has 0 aliphatic heterocycles. The summed E-state index contributed by atoms with van der Waals surface area (Å²) in [6, 6.07) is 3.17. The molecule has 0 saturated carbocycles. The molecule has 1 unspecified atom stereocenters. The standard InChI is InChI=1S/C11H15F2NO/c1-8(3-2-6-14)15-11-7-9(12)4-5-10(11)13/h4-5,7-8H,2-3,6,14H2,1H3. The third kappa shape index (κ3) is 3.83. The summed E-state index contributed by atoms with van der Waals surface area (Å²) in [4.78, 5) is 0. The molecular formula is C11H15F2NO. The van der Waals surface area contributed by atoms with Gasteiger partial charge in [0, 0.05) is 6.07 Å². The largest absolute Gasteiger partial charge is 0.488 e. The fourth-order valence-electron chi connectivity index (χ4n) is 1.25. The van der Waals surface area contributed by atoms with Gasteiger partial charge in [0.15, 0.2) is 11.6 Å². The average molecular weight is 215 g/mol. The van der Waals surface area contributed by atoms with Gasteiger partial charge in [0.05, 0.1) is 6.10 Å². The zero-order valence-corrected chi connectivity index (χ0v) is 8.67. The lowest BCUT2D eigenvalue weighted by atomic mass is 10.2. The minimum atomic E-state index is -0.545. The predicted octanol–water partition coefficient (Wildman–Crippen LogP) is 2.47. The first-order chi connectivity index (χ1) is 7.13. The van der Waals surface area contributed by atoms with Crippen molar-refractivity contribution in [3.63, 3.8) is 0 Å². The summed E-state index contributed by atoms with van der Waals surface area (Å²) in [6.45, 7) is 2.37. The third-order valence-corrected chi connectivity index (χ3v) is 2.04. The lowest BCUT2D eigenvalue weighted by Gasteiger charge is -2.14. The fraction of sp³-hybridized carbons (Fsp3) is 0.455. The van der Waals surface area contributed by atoms with Crippen LogP contribution in [0.4, 0.5) is 8.78 Å². The molecular weight excluding hydrogens is 200 g/mol. The molecule has 4 heteroatoms. The summed E-state index contributed by atoms with van der Waals surface area (Å²) in [6.07, 6.45) is 1.37. The Balaban J connectivity index is 2.59. The number of nitrogens with two attached hydrogens (primary N) is 1. The van der Waals surface area contributed by atoms with E-state index >= 15 is 0 Å². The van der Waals surface area contributed by atoms with Gasteiger partial charge in [-0.15, -0.1) is 0 Å². The molecule has 0 spiro atoms. The first-order valence-corrected chi connectivity index (χ1v) is 4.95. The van der Waals surface area contributed by atoms with Gasteiger partial charge in [0.2, 0.25) is 0 Å². The summed E-state index contributed by atoms with van der Waals surface area (Å²) < 4.78 is 31.2. The van der Waals surface area contributed by atoms with Gasteiger partial charge in [-0.25, -0.2) is 8.78 Å². The van der Waals surface area contributed by atoms with E-state index in [2.05, 4.69) is 0 Å². The van der Waals surface area contributed by atoms with Crippen LogP contribution >= 0.6 is 0 Å². The Kier molecular flexibility index (Phi) is 4.49. The van der Waals surface area contributed by atoms with Crippen molar-refractivity contribution in [2.24, 2.45) is 5.73 Å². The molecule has 0 radical (unpaired) electrons. The Morgan fingerprint density at radius 2 is 2.13 bits per heavy atom. The Labute approximate surface area is 88.0 Å². The van der Waals surface area contributed by atoms with E-state index in [4.69, 9.17) is 10.5 Å². The van der Waals surface area contributed by atoms with Crippen molar-refractivity contribution in [3.05, 3.63) is 29.8 Å². The van der Waals surface area contributed by atoms with Gasteiger partial charge in [-0.1, -0.05) is 0 Å².